The van der Waals surface area contributed by atoms with Crippen molar-refractivity contribution in [3.8, 4) is 5.75 Å². The molecule has 0 aromatic heterocycles. The number of anilines is 1. The third-order valence-corrected chi connectivity index (χ3v) is 4.46. The van der Waals surface area contributed by atoms with Crippen molar-refractivity contribution >= 4 is 11.7 Å². The zero-order valence-electron chi connectivity index (χ0n) is 18.5. The number of carbonyl (C=O) groups is 1. The van der Waals surface area contributed by atoms with Gasteiger partial charge in [-0.2, -0.15) is 0 Å². The monoisotopic (exact) mass is 401 g/mol. The Morgan fingerprint density at radius 3 is 1.71 bits per heavy atom. The second kappa shape index (κ2) is 22.6. The van der Waals surface area contributed by atoms with Gasteiger partial charge in [0.25, 0.3) is 0 Å². The van der Waals surface area contributed by atoms with Gasteiger partial charge in [0, 0.05) is 5.97 Å². The van der Waals surface area contributed by atoms with Gasteiger partial charge in [-0.05, 0) is 25.0 Å². The van der Waals surface area contributed by atoms with Gasteiger partial charge in [-0.25, -0.2) is 0 Å². The van der Waals surface area contributed by atoms with Gasteiger partial charge in [-0.3, -0.25) is 0 Å². The molecule has 5 heteroatoms. The summed E-state index contributed by atoms with van der Waals surface area (Å²) in [5.74, 6) is -0.171. The van der Waals surface area contributed by atoms with E-state index in [1.165, 1.54) is 77.6 Å². The number of carbonyl (C=O) groups excluding carboxylic acids is 1. The summed E-state index contributed by atoms with van der Waals surface area (Å²) in [4.78, 5) is 9.26. The first-order chi connectivity index (χ1) is 13.1. The molecule has 1 aromatic rings. The standard InChI is InChI=1S/C20H35NO.C3H6O2.Na/c1-2-3-4-5-6-7-8-9-10-11-12-15-18-22-20-17-14-13-16-19(20)21;1-2-3(4)5;/h13-14,16-17H,2-12,15,18,21H2,1H3;2H2,1H3,(H,4,5);/q;;+1/p-1. The molecule has 0 aliphatic carbocycles. The molecule has 0 heterocycles. The van der Waals surface area contributed by atoms with Crippen LogP contribution in [0.15, 0.2) is 24.3 Å². The van der Waals surface area contributed by atoms with E-state index >= 15 is 0 Å². The van der Waals surface area contributed by atoms with Gasteiger partial charge in [0.2, 0.25) is 0 Å². The van der Waals surface area contributed by atoms with E-state index in [2.05, 4.69) is 6.92 Å². The maximum atomic E-state index is 9.26. The number of nitrogens with two attached hydrogens (primary N) is 1. The number of ether oxygens (including phenoxy) is 1. The molecule has 2 N–H and O–H groups in total. The Labute approximate surface area is 194 Å². The molecule has 1 rings (SSSR count). The van der Waals surface area contributed by atoms with Crippen molar-refractivity contribution in [2.45, 2.75) is 97.3 Å². The quantitative estimate of drug-likeness (QED) is 0.278. The minimum atomic E-state index is -0.995. The van der Waals surface area contributed by atoms with Crippen LogP contribution in [-0.4, -0.2) is 12.6 Å². The van der Waals surface area contributed by atoms with E-state index in [4.69, 9.17) is 10.5 Å². The van der Waals surface area contributed by atoms with E-state index in [9.17, 15) is 9.90 Å². The fourth-order valence-corrected chi connectivity index (χ4v) is 2.74. The van der Waals surface area contributed by atoms with E-state index in [1.807, 2.05) is 24.3 Å². The summed E-state index contributed by atoms with van der Waals surface area (Å²) in [5, 5.41) is 9.26. The van der Waals surface area contributed by atoms with Crippen LogP contribution < -0.4 is 45.1 Å². The predicted molar refractivity (Wildman–Crippen MR) is 113 cm³/mol. The van der Waals surface area contributed by atoms with Crippen LogP contribution in [0.2, 0.25) is 0 Å². The topological polar surface area (TPSA) is 75.4 Å². The third-order valence-electron chi connectivity index (χ3n) is 4.46. The van der Waals surface area contributed by atoms with Crippen molar-refractivity contribution in [1.82, 2.24) is 0 Å². The molecule has 28 heavy (non-hydrogen) atoms. The molecule has 0 aliphatic rings. The molecule has 0 radical (unpaired) electrons. The number of carboxylic acid groups (broad SMARTS) is 1. The van der Waals surface area contributed by atoms with Gasteiger partial charge >= 0.3 is 29.6 Å². The van der Waals surface area contributed by atoms with Gasteiger partial charge in [0.05, 0.1) is 12.3 Å². The smallest absolute Gasteiger partial charge is 0.550 e. The molecule has 0 saturated heterocycles. The molecule has 156 valence electrons. The molecule has 0 fully saturated rings. The van der Waals surface area contributed by atoms with Crippen molar-refractivity contribution in [2.24, 2.45) is 0 Å². The molecule has 0 spiro atoms. The van der Waals surface area contributed by atoms with Crippen molar-refractivity contribution in [3.63, 3.8) is 0 Å². The first-order valence-corrected chi connectivity index (χ1v) is 10.8. The summed E-state index contributed by atoms with van der Waals surface area (Å²) in [6, 6.07) is 7.73. The van der Waals surface area contributed by atoms with Gasteiger partial charge in [-0.1, -0.05) is 96.6 Å². The zero-order chi connectivity index (χ0) is 20.2. The molecule has 4 nitrogen and oxygen atoms in total. The van der Waals surface area contributed by atoms with Crippen LogP contribution in [0.25, 0.3) is 0 Å². The van der Waals surface area contributed by atoms with Gasteiger partial charge in [0.1, 0.15) is 5.75 Å². The number of aliphatic carboxylic acids is 1. The van der Waals surface area contributed by atoms with E-state index in [0.717, 1.165) is 24.5 Å². The number of para-hydroxylation sites is 2. The van der Waals surface area contributed by atoms with Crippen LogP contribution in [0.1, 0.15) is 97.3 Å². The number of hydrogen-bond acceptors (Lipinski definition) is 4. The average molecular weight is 402 g/mol. The zero-order valence-corrected chi connectivity index (χ0v) is 20.5. The molecule has 0 amide bonds. The molecular weight excluding hydrogens is 361 g/mol. The Hall–Kier alpha value is -0.710. The Morgan fingerprint density at radius 1 is 0.857 bits per heavy atom. The molecular formula is C23H40NNaO3. The third kappa shape index (κ3) is 20.0. The maximum Gasteiger partial charge on any atom is 1.00 e. The van der Waals surface area contributed by atoms with Crippen molar-refractivity contribution in [3.05, 3.63) is 24.3 Å². The van der Waals surface area contributed by atoms with Crippen LogP contribution in [0.3, 0.4) is 0 Å². The molecule has 0 saturated carbocycles. The Morgan fingerprint density at radius 2 is 1.29 bits per heavy atom. The first-order valence-electron chi connectivity index (χ1n) is 10.8. The normalized spacial score (nSPS) is 9.79. The summed E-state index contributed by atoms with van der Waals surface area (Å²) < 4.78 is 5.70. The van der Waals surface area contributed by atoms with E-state index in [0.29, 0.717) is 0 Å². The molecule has 0 unspecified atom stereocenters. The minimum absolute atomic E-state index is 0. The van der Waals surface area contributed by atoms with Crippen LogP contribution in [0.4, 0.5) is 5.69 Å². The van der Waals surface area contributed by atoms with Gasteiger partial charge in [-0.15, -0.1) is 0 Å². The molecule has 0 bridgehead atoms. The summed E-state index contributed by atoms with van der Waals surface area (Å²) in [6.45, 7) is 4.60. The van der Waals surface area contributed by atoms with Crippen LogP contribution in [-0.2, 0) is 4.79 Å². The number of nitrogen functional groups attached to an aromatic ring is 1. The number of hydrogen-bond donors (Lipinski definition) is 1. The van der Waals surface area contributed by atoms with Crippen molar-refractivity contribution < 1.29 is 44.2 Å². The van der Waals surface area contributed by atoms with Crippen LogP contribution in [0, 0.1) is 0 Å². The average Bonchev–Trinajstić information content (AvgIpc) is 2.67. The van der Waals surface area contributed by atoms with Crippen LogP contribution >= 0.6 is 0 Å². The second-order valence-electron chi connectivity index (χ2n) is 7.00. The van der Waals surface area contributed by atoms with Gasteiger partial charge in [0.15, 0.2) is 0 Å². The summed E-state index contributed by atoms with van der Waals surface area (Å²) >= 11 is 0. The van der Waals surface area contributed by atoms with E-state index in [-0.39, 0.29) is 36.0 Å². The Bertz CT molecular complexity index is 469. The van der Waals surface area contributed by atoms with E-state index in [1.54, 1.807) is 0 Å². The summed E-state index contributed by atoms with van der Waals surface area (Å²) in [6.07, 6.45) is 16.5. The second-order valence-corrected chi connectivity index (χ2v) is 7.00. The fourth-order valence-electron chi connectivity index (χ4n) is 2.74. The minimum Gasteiger partial charge on any atom is -0.550 e. The predicted octanol–water partition coefficient (Wildman–Crippen LogP) is 2.50. The van der Waals surface area contributed by atoms with Crippen molar-refractivity contribution in [2.75, 3.05) is 12.3 Å². The first kappa shape index (κ1) is 29.5. The SMILES string of the molecule is CCC(=O)[O-].CCCCCCCCCCCCCCOc1ccccc1N.[Na+]. The molecule has 1 aromatic carbocycles. The number of unbranched alkanes of at least 4 members (excludes halogenated alkanes) is 11. The number of carboxylic acids is 1. The maximum absolute atomic E-state index is 9.26. The van der Waals surface area contributed by atoms with Gasteiger partial charge < -0.3 is 20.4 Å². The molecule has 0 aliphatic heterocycles. The Balaban J connectivity index is 0. The van der Waals surface area contributed by atoms with Crippen LogP contribution in [0.5, 0.6) is 5.75 Å². The number of rotatable bonds is 15. The Kier molecular flexibility index (Phi) is 23.8. The fraction of sp³-hybridized carbons (Fsp3) is 0.696. The number of benzene rings is 1. The van der Waals surface area contributed by atoms with E-state index < -0.39 is 5.97 Å². The summed E-state index contributed by atoms with van der Waals surface area (Å²) in [5.41, 5.74) is 6.58. The summed E-state index contributed by atoms with van der Waals surface area (Å²) in [7, 11) is 0. The molecule has 0 atom stereocenters. The largest absolute Gasteiger partial charge is 1.00 e. The van der Waals surface area contributed by atoms with Crippen molar-refractivity contribution in [1.29, 1.82) is 0 Å².